The summed E-state index contributed by atoms with van der Waals surface area (Å²) in [6, 6.07) is 92.2. The maximum absolute atomic E-state index is 7.13. The highest BCUT2D eigenvalue weighted by Crippen LogP contribution is 2.65. The first-order chi connectivity index (χ1) is 45.7. The lowest BCUT2D eigenvalue weighted by atomic mass is 9.72. The summed E-state index contributed by atoms with van der Waals surface area (Å²) in [6.07, 6.45) is 0. The summed E-state index contributed by atoms with van der Waals surface area (Å²) in [5.74, 6) is 0. The Hall–Kier alpha value is -10.9. The van der Waals surface area contributed by atoms with Gasteiger partial charge in [-0.2, -0.15) is 0 Å². The van der Waals surface area contributed by atoms with Crippen LogP contribution in [0.5, 0.6) is 0 Å². The van der Waals surface area contributed by atoms with Gasteiger partial charge in [-0.25, -0.2) is 0 Å². The monoisotopic (exact) mass is 1210 g/mol. The van der Waals surface area contributed by atoms with E-state index in [0.717, 1.165) is 94.4 Å². The third-order valence-corrected chi connectivity index (χ3v) is 22.6. The first-order valence-electron chi connectivity index (χ1n) is 33.2. The Morgan fingerprint density at radius 1 is 0.245 bits per heavy atom. The molecule has 3 aromatic heterocycles. The van der Waals surface area contributed by atoms with E-state index in [0.29, 0.717) is 0 Å². The highest BCUT2D eigenvalue weighted by Gasteiger charge is 2.49. The lowest BCUT2D eigenvalue weighted by molar-refractivity contribution is 0.600. The molecule has 0 fully saturated rings. The summed E-state index contributed by atoms with van der Waals surface area (Å²) in [6.45, 7) is 19.5. The van der Waals surface area contributed by atoms with Gasteiger partial charge in [0.1, 0.15) is 33.5 Å². The molecule has 4 heteroatoms. The molecule has 4 aliphatic carbocycles. The zero-order valence-electron chi connectivity index (χ0n) is 53.8. The number of fused-ring (bicyclic) bond motifs is 26. The molecule has 0 saturated heterocycles. The van der Waals surface area contributed by atoms with Crippen LogP contribution in [-0.2, 0) is 21.7 Å². The van der Waals surface area contributed by atoms with E-state index in [1.165, 1.54) is 111 Å². The van der Waals surface area contributed by atoms with Crippen LogP contribution in [0.3, 0.4) is 0 Å². The SMILES string of the molecule is CC1(C)c2cc(N(c3ccc4c(c3)C(C)(C)c3cc(-c5ccccc5-c5ccccc5)c5oc6ccccc6c5c3-4)c3ccc4c(c3)C(C)(C)c3c5c(c6oc7ccccc7c6c3-4)-c3ccccc3C5(C)C)ccc2-c2c1cc(-c1ccccc1)c1oc3ccccc3c21. The number of rotatable bonds is 6. The van der Waals surface area contributed by atoms with Gasteiger partial charge in [0.15, 0.2) is 0 Å². The summed E-state index contributed by atoms with van der Waals surface area (Å²) < 4.78 is 21.2. The summed E-state index contributed by atoms with van der Waals surface area (Å²) in [5, 5.41) is 6.96. The van der Waals surface area contributed by atoms with Crippen LogP contribution in [0.2, 0.25) is 0 Å². The minimum atomic E-state index is -0.419. The predicted molar refractivity (Wildman–Crippen MR) is 390 cm³/mol. The highest BCUT2D eigenvalue weighted by atomic mass is 16.3. The van der Waals surface area contributed by atoms with Crippen LogP contribution in [0.15, 0.2) is 262 Å². The molecular weight excluding hydrogens is 1140 g/mol. The van der Waals surface area contributed by atoms with Crippen LogP contribution in [0, 0.1) is 0 Å². The molecule has 0 saturated carbocycles. The van der Waals surface area contributed by atoms with Gasteiger partial charge in [0.2, 0.25) is 0 Å². The van der Waals surface area contributed by atoms with Crippen molar-refractivity contribution in [1.29, 1.82) is 0 Å². The molecule has 448 valence electrons. The first kappa shape index (κ1) is 53.7. The fraction of sp³-hybridized carbons (Fsp3) is 0.133. The quantitative estimate of drug-likeness (QED) is 0.166. The Labute approximate surface area is 546 Å². The number of furan rings is 3. The number of benzene rings is 13. The topological polar surface area (TPSA) is 42.7 Å². The van der Waals surface area contributed by atoms with Crippen LogP contribution in [0.25, 0.3) is 144 Å². The van der Waals surface area contributed by atoms with Crippen molar-refractivity contribution < 1.29 is 13.3 Å². The Kier molecular flexibility index (Phi) is 10.5. The molecule has 13 aromatic carbocycles. The van der Waals surface area contributed by atoms with Crippen LogP contribution < -0.4 is 4.90 Å². The summed E-state index contributed by atoms with van der Waals surface area (Å²) in [4.78, 5) is 2.56. The van der Waals surface area contributed by atoms with Gasteiger partial charge in [-0.05, 0) is 172 Å². The normalized spacial score (nSPS) is 15.4. The number of anilines is 3. The molecule has 0 atom stereocenters. The molecule has 0 amide bonds. The van der Waals surface area contributed by atoms with Crippen LogP contribution in [0.1, 0.15) is 99.9 Å². The molecule has 0 radical (unpaired) electrons. The van der Waals surface area contributed by atoms with Gasteiger partial charge in [0.25, 0.3) is 0 Å². The van der Waals surface area contributed by atoms with E-state index in [9.17, 15) is 0 Å². The van der Waals surface area contributed by atoms with E-state index in [4.69, 9.17) is 13.3 Å². The molecule has 4 nitrogen and oxygen atoms in total. The van der Waals surface area contributed by atoms with Crippen LogP contribution in [0.4, 0.5) is 17.1 Å². The van der Waals surface area contributed by atoms with Crippen molar-refractivity contribution in [2.24, 2.45) is 0 Å². The van der Waals surface area contributed by atoms with Crippen molar-refractivity contribution >= 4 is 82.9 Å². The average Bonchev–Trinajstić information content (AvgIpc) is 1.51. The minimum Gasteiger partial charge on any atom is -0.455 e. The Bertz CT molecular complexity index is 6040. The van der Waals surface area contributed by atoms with Crippen molar-refractivity contribution in [3.63, 3.8) is 0 Å². The van der Waals surface area contributed by atoms with E-state index in [1.54, 1.807) is 0 Å². The second kappa shape index (κ2) is 18.4. The van der Waals surface area contributed by atoms with E-state index in [2.05, 4.69) is 309 Å². The molecule has 3 heterocycles. The van der Waals surface area contributed by atoms with Gasteiger partial charge in [-0.3, -0.25) is 0 Å². The second-order valence-corrected chi connectivity index (χ2v) is 28.9. The standard InChI is InChI=1S/C90H65NO3/c1-87(2)67-45-52(39-42-58(67)75-70(87)48-64(51-27-13-10-14-28-51)84-78(75)61-32-18-22-36-72(61)92-84)91(54-41-44-60-69(47-54)90(7,8)82-77(60)80-63-34-20-24-38-74(63)94-86(80)81-57-31-17-21-35-66(57)89(5,6)83(81)82)53-40-43-59-68(46-53)88(3,4)71-49-65(56-30-16-15-29-55(56)50-25-11-9-12-26-50)85-79(76(59)71)62-33-19-23-37-73(62)93-85/h9-49H,1-8H3. The van der Waals surface area contributed by atoms with Gasteiger partial charge >= 0.3 is 0 Å². The summed E-state index contributed by atoms with van der Waals surface area (Å²) in [7, 11) is 0. The predicted octanol–water partition coefficient (Wildman–Crippen LogP) is 25.1. The molecular formula is C90H65NO3. The van der Waals surface area contributed by atoms with Crippen molar-refractivity contribution in [1.82, 2.24) is 0 Å². The summed E-state index contributed by atoms with van der Waals surface area (Å²) in [5.41, 5.74) is 34.8. The lowest BCUT2D eigenvalue weighted by Crippen LogP contribution is -2.24. The van der Waals surface area contributed by atoms with Crippen molar-refractivity contribution in [2.75, 3.05) is 4.90 Å². The van der Waals surface area contributed by atoms with Crippen LogP contribution in [-0.4, -0.2) is 0 Å². The third-order valence-electron chi connectivity index (χ3n) is 22.6. The van der Waals surface area contributed by atoms with Gasteiger partial charge in [0.05, 0.1) is 0 Å². The molecule has 0 spiro atoms. The van der Waals surface area contributed by atoms with E-state index in [1.807, 2.05) is 0 Å². The lowest BCUT2D eigenvalue weighted by Gasteiger charge is -2.32. The number of nitrogens with zero attached hydrogens (tertiary/aromatic N) is 1. The fourth-order valence-electron chi connectivity index (χ4n) is 18.2. The number of para-hydroxylation sites is 3. The average molecular weight is 1210 g/mol. The van der Waals surface area contributed by atoms with Crippen molar-refractivity contribution in [2.45, 2.75) is 77.0 Å². The third kappa shape index (κ3) is 6.87. The van der Waals surface area contributed by atoms with Crippen molar-refractivity contribution in [3.8, 4) is 77.9 Å². The maximum atomic E-state index is 7.13. The molecule has 0 unspecified atom stereocenters. The Morgan fingerprint density at radius 3 is 1.14 bits per heavy atom. The molecule has 20 rings (SSSR count). The Morgan fingerprint density at radius 2 is 0.606 bits per heavy atom. The van der Waals surface area contributed by atoms with Gasteiger partial charge < -0.3 is 18.2 Å². The summed E-state index contributed by atoms with van der Waals surface area (Å²) >= 11 is 0. The van der Waals surface area contributed by atoms with Gasteiger partial charge in [-0.15, -0.1) is 0 Å². The zero-order chi connectivity index (χ0) is 63.1. The highest BCUT2D eigenvalue weighted by molar-refractivity contribution is 6.23. The molecule has 4 aliphatic rings. The maximum Gasteiger partial charge on any atom is 0.144 e. The fourth-order valence-corrected chi connectivity index (χ4v) is 18.2. The number of hydrogen-bond donors (Lipinski definition) is 0. The number of hydrogen-bond acceptors (Lipinski definition) is 4. The van der Waals surface area contributed by atoms with Gasteiger partial charge in [-0.1, -0.05) is 237 Å². The smallest absolute Gasteiger partial charge is 0.144 e. The second-order valence-electron chi connectivity index (χ2n) is 28.9. The van der Waals surface area contributed by atoms with E-state index >= 15 is 0 Å². The minimum absolute atomic E-state index is 0.280. The van der Waals surface area contributed by atoms with E-state index in [-0.39, 0.29) is 10.8 Å². The first-order valence-corrected chi connectivity index (χ1v) is 33.2. The molecule has 0 aliphatic heterocycles. The molecule has 16 aromatic rings. The molecule has 0 N–H and O–H groups in total. The van der Waals surface area contributed by atoms with E-state index < -0.39 is 10.8 Å². The largest absolute Gasteiger partial charge is 0.455 e. The molecule has 94 heavy (non-hydrogen) atoms. The molecule has 0 bridgehead atoms. The Balaban J connectivity index is 0.824. The van der Waals surface area contributed by atoms with Crippen molar-refractivity contribution in [3.05, 3.63) is 293 Å². The zero-order valence-corrected chi connectivity index (χ0v) is 53.8. The van der Waals surface area contributed by atoms with Gasteiger partial charge in [0, 0.05) is 87.7 Å². The van der Waals surface area contributed by atoms with Crippen LogP contribution >= 0.6 is 0 Å².